The second-order valence-corrected chi connectivity index (χ2v) is 6.42. The third kappa shape index (κ3) is 6.88. The average molecular weight is 398 g/mol. The number of hydrogen-bond donors (Lipinski definition) is 1. The quantitative estimate of drug-likeness (QED) is 0.179. The number of ether oxygens (including phenoxy) is 1. The fraction of sp³-hybridized carbons (Fsp3) is 0.579. The van der Waals surface area contributed by atoms with Gasteiger partial charge in [-0.15, -0.1) is 0 Å². The van der Waals surface area contributed by atoms with Crippen LogP contribution in [-0.2, 0) is 4.79 Å². The van der Waals surface area contributed by atoms with Gasteiger partial charge in [0, 0.05) is 19.0 Å². The van der Waals surface area contributed by atoms with Crippen LogP contribution in [0.2, 0.25) is 0 Å². The molecular formula is C19H27FN2O6. The molecule has 0 spiro atoms. The summed E-state index contributed by atoms with van der Waals surface area (Å²) < 4.78 is 19.1. The highest BCUT2D eigenvalue weighted by Crippen LogP contribution is 2.29. The molecule has 0 radical (unpaired) electrons. The Morgan fingerprint density at radius 3 is 2.64 bits per heavy atom. The minimum Gasteiger partial charge on any atom is -0.489 e. The lowest BCUT2D eigenvalue weighted by Crippen LogP contribution is -2.39. The summed E-state index contributed by atoms with van der Waals surface area (Å²) in [7, 11) is 0. The molecule has 1 unspecified atom stereocenters. The van der Waals surface area contributed by atoms with Crippen LogP contribution in [0.1, 0.15) is 62.7 Å². The lowest BCUT2D eigenvalue weighted by molar-refractivity contribution is -0.385. The maximum Gasteiger partial charge on any atom is 0.283 e. The van der Waals surface area contributed by atoms with Gasteiger partial charge in [-0.05, 0) is 25.8 Å². The summed E-state index contributed by atoms with van der Waals surface area (Å²) in [5.41, 5.74) is -1.02. The maximum atomic E-state index is 13.9. The van der Waals surface area contributed by atoms with Gasteiger partial charge in [0.2, 0.25) is 5.91 Å². The van der Waals surface area contributed by atoms with Gasteiger partial charge in [0.15, 0.2) is 17.9 Å². The summed E-state index contributed by atoms with van der Waals surface area (Å²) in [5, 5.41) is 20.7. The maximum absolute atomic E-state index is 13.9. The van der Waals surface area contributed by atoms with Gasteiger partial charge in [0.1, 0.15) is 11.8 Å². The molecule has 156 valence electrons. The third-order valence-corrected chi connectivity index (χ3v) is 4.24. The Balaban J connectivity index is 2.61. The van der Waals surface area contributed by atoms with Gasteiger partial charge >= 0.3 is 0 Å². The topological polar surface area (TPSA) is 110 Å². The van der Waals surface area contributed by atoms with E-state index in [0.717, 1.165) is 37.8 Å². The van der Waals surface area contributed by atoms with Gasteiger partial charge in [-0.1, -0.05) is 26.2 Å². The number of hydrogen-bond acceptors (Lipinski definition) is 6. The Morgan fingerprint density at radius 2 is 2.07 bits per heavy atom. The monoisotopic (exact) mass is 398 g/mol. The predicted octanol–water partition coefficient (Wildman–Crippen LogP) is 3.45. The minimum absolute atomic E-state index is 0.0612. The van der Waals surface area contributed by atoms with Gasteiger partial charge in [-0.3, -0.25) is 19.7 Å². The number of nitro groups is 1. The molecule has 1 amide bonds. The number of aliphatic hydroxyl groups is 1. The number of carbonyl (C=O) groups is 2. The van der Waals surface area contributed by atoms with Crippen molar-refractivity contribution in [1.29, 1.82) is 0 Å². The second kappa shape index (κ2) is 12.0. The van der Waals surface area contributed by atoms with Crippen LogP contribution in [0.25, 0.3) is 0 Å². The first-order chi connectivity index (χ1) is 13.3. The standard InChI is InChI=1S/C19H27FN2O6/c1-3-4-5-6-11-21(14(2)24)18(25)8-7-12-28-19-15(13-23)17(22(26)27)10-9-16(19)20/h9-10,13-14,24H,3-8,11-12H2,1-2H3. The number of halogens is 1. The lowest BCUT2D eigenvalue weighted by atomic mass is 10.1. The van der Waals surface area contributed by atoms with Crippen molar-refractivity contribution >= 4 is 17.9 Å². The highest BCUT2D eigenvalue weighted by molar-refractivity contribution is 5.85. The van der Waals surface area contributed by atoms with Crippen molar-refractivity contribution in [3.05, 3.63) is 33.6 Å². The van der Waals surface area contributed by atoms with E-state index in [1.165, 1.54) is 11.8 Å². The minimum atomic E-state index is -0.911. The molecule has 0 aliphatic rings. The van der Waals surface area contributed by atoms with Crippen LogP contribution in [-0.4, -0.2) is 46.5 Å². The predicted molar refractivity (Wildman–Crippen MR) is 101 cm³/mol. The molecular weight excluding hydrogens is 371 g/mol. The molecule has 0 aliphatic heterocycles. The molecule has 1 N–H and O–H groups in total. The summed E-state index contributed by atoms with van der Waals surface area (Å²) in [4.78, 5) is 34.9. The molecule has 1 aromatic rings. The number of carbonyl (C=O) groups excluding carboxylic acids is 2. The summed E-state index contributed by atoms with van der Waals surface area (Å²) in [6, 6.07) is 1.76. The van der Waals surface area contributed by atoms with Crippen molar-refractivity contribution in [1.82, 2.24) is 4.90 Å². The van der Waals surface area contributed by atoms with Gasteiger partial charge in [-0.2, -0.15) is 0 Å². The first kappa shape index (κ1) is 23.5. The smallest absolute Gasteiger partial charge is 0.283 e. The third-order valence-electron chi connectivity index (χ3n) is 4.24. The molecule has 0 heterocycles. The number of rotatable bonds is 13. The van der Waals surface area contributed by atoms with E-state index in [9.17, 15) is 29.2 Å². The summed E-state index contributed by atoms with van der Waals surface area (Å²) in [6.45, 7) is 3.95. The molecule has 0 fully saturated rings. The molecule has 8 nitrogen and oxygen atoms in total. The number of nitrogens with zero attached hydrogens (tertiary/aromatic N) is 2. The van der Waals surface area contributed by atoms with Crippen LogP contribution in [0.3, 0.4) is 0 Å². The Bertz CT molecular complexity index is 681. The highest BCUT2D eigenvalue weighted by atomic mass is 19.1. The van der Waals surface area contributed by atoms with E-state index in [1.807, 2.05) is 0 Å². The van der Waals surface area contributed by atoms with Crippen molar-refractivity contribution in [2.45, 2.75) is 58.6 Å². The molecule has 0 saturated carbocycles. The molecule has 0 aromatic heterocycles. The zero-order valence-electron chi connectivity index (χ0n) is 16.2. The Hall–Kier alpha value is -2.55. The summed E-state index contributed by atoms with van der Waals surface area (Å²) in [6.07, 6.45) is 3.42. The van der Waals surface area contributed by atoms with Crippen LogP contribution >= 0.6 is 0 Å². The molecule has 1 aromatic carbocycles. The molecule has 28 heavy (non-hydrogen) atoms. The van der Waals surface area contributed by atoms with Crippen LogP contribution in [0, 0.1) is 15.9 Å². The van der Waals surface area contributed by atoms with Gasteiger partial charge in [0.25, 0.3) is 5.69 Å². The largest absolute Gasteiger partial charge is 0.489 e. The zero-order chi connectivity index (χ0) is 21.1. The molecule has 1 rings (SSSR count). The highest BCUT2D eigenvalue weighted by Gasteiger charge is 2.22. The number of aliphatic hydroxyl groups excluding tert-OH is 1. The van der Waals surface area contributed by atoms with Crippen LogP contribution in [0.4, 0.5) is 10.1 Å². The molecule has 1 atom stereocenters. The Morgan fingerprint density at radius 1 is 1.36 bits per heavy atom. The van der Waals surface area contributed by atoms with E-state index in [1.54, 1.807) is 0 Å². The van der Waals surface area contributed by atoms with Crippen LogP contribution in [0.15, 0.2) is 12.1 Å². The first-order valence-corrected chi connectivity index (χ1v) is 9.35. The number of unbranched alkanes of at least 4 members (excludes halogenated alkanes) is 3. The summed E-state index contributed by atoms with van der Waals surface area (Å²) >= 11 is 0. The van der Waals surface area contributed by atoms with Crippen molar-refractivity contribution < 1.29 is 28.7 Å². The number of aldehydes is 1. The van der Waals surface area contributed by atoms with Crippen molar-refractivity contribution in [2.24, 2.45) is 0 Å². The number of amides is 1. The van der Waals surface area contributed by atoms with E-state index < -0.39 is 34.0 Å². The van der Waals surface area contributed by atoms with Crippen molar-refractivity contribution in [2.75, 3.05) is 13.2 Å². The first-order valence-electron chi connectivity index (χ1n) is 9.35. The Labute approximate surface area is 163 Å². The Kier molecular flexibility index (Phi) is 10.1. The van der Waals surface area contributed by atoms with Gasteiger partial charge < -0.3 is 14.7 Å². The van der Waals surface area contributed by atoms with E-state index in [0.29, 0.717) is 6.54 Å². The SMILES string of the molecule is CCCCCCN(C(=O)CCCOc1c(F)ccc([N+](=O)[O-])c1C=O)C(C)O. The van der Waals surface area contributed by atoms with Gasteiger partial charge in [0.05, 0.1) is 11.5 Å². The molecule has 0 aliphatic carbocycles. The van der Waals surface area contributed by atoms with Gasteiger partial charge in [-0.25, -0.2) is 4.39 Å². The normalized spacial score (nSPS) is 11.7. The van der Waals surface area contributed by atoms with Crippen LogP contribution in [0.5, 0.6) is 5.75 Å². The zero-order valence-corrected chi connectivity index (χ0v) is 16.2. The molecule has 0 saturated heterocycles. The number of benzene rings is 1. The lowest BCUT2D eigenvalue weighted by Gasteiger charge is -2.25. The summed E-state index contributed by atoms with van der Waals surface area (Å²) in [5.74, 6) is -1.64. The average Bonchev–Trinajstić information content (AvgIpc) is 2.65. The second-order valence-electron chi connectivity index (χ2n) is 6.42. The molecule has 9 heteroatoms. The fourth-order valence-corrected chi connectivity index (χ4v) is 2.75. The van der Waals surface area contributed by atoms with E-state index >= 15 is 0 Å². The molecule has 0 bridgehead atoms. The number of nitro benzene ring substituents is 1. The van der Waals surface area contributed by atoms with Crippen molar-refractivity contribution in [3.8, 4) is 5.75 Å². The van der Waals surface area contributed by atoms with E-state index in [4.69, 9.17) is 4.74 Å². The van der Waals surface area contributed by atoms with E-state index in [-0.39, 0.29) is 31.6 Å². The fourth-order valence-electron chi connectivity index (χ4n) is 2.75. The van der Waals surface area contributed by atoms with Crippen molar-refractivity contribution in [3.63, 3.8) is 0 Å². The van der Waals surface area contributed by atoms with E-state index in [2.05, 4.69) is 6.92 Å². The van der Waals surface area contributed by atoms with Crippen LogP contribution < -0.4 is 4.74 Å².